The summed E-state index contributed by atoms with van der Waals surface area (Å²) in [6, 6.07) is 1.09. The molecule has 40 heavy (non-hydrogen) atoms. The van der Waals surface area contributed by atoms with Crippen LogP contribution < -0.4 is 15.8 Å². The first-order valence-corrected chi connectivity index (χ1v) is 14.5. The fraction of sp³-hybridized carbons (Fsp3) is 0.645. The highest BCUT2D eigenvalue weighted by molar-refractivity contribution is 6.14. The van der Waals surface area contributed by atoms with Crippen molar-refractivity contribution in [2.45, 2.75) is 75.6 Å². The van der Waals surface area contributed by atoms with Gasteiger partial charge in [0.1, 0.15) is 17.4 Å². The highest BCUT2D eigenvalue weighted by Crippen LogP contribution is 2.56. The van der Waals surface area contributed by atoms with Crippen LogP contribution in [0, 0.1) is 23.7 Å². The number of phenolic OH excluding ortho intramolecular Hbond substituents is 1. The van der Waals surface area contributed by atoms with Crippen LogP contribution in [0.4, 0.5) is 0 Å². The molecule has 0 heterocycles. The van der Waals surface area contributed by atoms with E-state index < -0.39 is 23.5 Å². The van der Waals surface area contributed by atoms with Gasteiger partial charge in [-0.3, -0.25) is 19.3 Å². The minimum Gasteiger partial charge on any atom is -0.507 e. The number of ketones is 2. The fourth-order valence-corrected chi connectivity index (χ4v) is 8.46. The normalized spacial score (nSPS) is 32.5. The number of Topliss-reactive ketones (excluding diaryl/α,β-unsaturated/α-hetero) is 2. The number of benzene rings is 1. The number of likely N-dealkylation sites (N-methyl/N-ethyl adjacent to an activating group) is 1. The lowest BCUT2D eigenvalue weighted by Gasteiger charge is -2.55. The lowest BCUT2D eigenvalue weighted by molar-refractivity contribution is -0.157. The zero-order chi connectivity index (χ0) is 28.7. The molecule has 0 bridgehead atoms. The lowest BCUT2D eigenvalue weighted by atomic mass is 9.55. The van der Waals surface area contributed by atoms with Crippen LogP contribution in [-0.2, 0) is 27.3 Å². The van der Waals surface area contributed by atoms with Gasteiger partial charge < -0.3 is 25.6 Å². The monoisotopic (exact) mass is 551 g/mol. The van der Waals surface area contributed by atoms with Gasteiger partial charge in [0.25, 0.3) is 0 Å². The number of allylic oxidation sites excluding steroid dienone is 1. The Kier molecular flexibility index (Phi) is 6.44. The molecule has 9 heteroatoms. The summed E-state index contributed by atoms with van der Waals surface area (Å²) in [7, 11) is 6.86. The maximum Gasteiger partial charge on any atom is 0.228 e. The van der Waals surface area contributed by atoms with Crippen molar-refractivity contribution < 1.29 is 29.0 Å². The molecule has 5 aliphatic rings. The second kappa shape index (κ2) is 9.39. The Balaban J connectivity index is 1.43. The molecule has 4 N–H and O–H groups in total. The van der Waals surface area contributed by atoms with Gasteiger partial charge in [-0.05, 0) is 89.4 Å². The minimum absolute atomic E-state index is 0.0405. The van der Waals surface area contributed by atoms with Crippen molar-refractivity contribution in [1.82, 2.24) is 10.2 Å². The number of phenols is 1. The molecule has 1 aromatic carbocycles. The summed E-state index contributed by atoms with van der Waals surface area (Å²) in [5.74, 6) is -1.20. The molecule has 0 radical (unpaired) electrons. The molecule has 3 fully saturated rings. The number of hydrogen-bond donors (Lipinski definition) is 3. The van der Waals surface area contributed by atoms with E-state index in [0.717, 1.165) is 22.6 Å². The summed E-state index contributed by atoms with van der Waals surface area (Å²) in [6.07, 6.45) is 6.04. The molecule has 3 saturated carbocycles. The summed E-state index contributed by atoms with van der Waals surface area (Å²) in [5, 5.41) is 15.0. The molecule has 1 amide bonds. The van der Waals surface area contributed by atoms with Crippen LogP contribution in [0.1, 0.15) is 66.9 Å². The van der Waals surface area contributed by atoms with Crippen LogP contribution in [-0.4, -0.2) is 73.0 Å². The predicted molar refractivity (Wildman–Crippen MR) is 148 cm³/mol. The number of nitrogens with zero attached hydrogens (tertiary/aromatic N) is 1. The van der Waals surface area contributed by atoms with E-state index in [1.54, 1.807) is 20.3 Å². The van der Waals surface area contributed by atoms with Crippen molar-refractivity contribution in [3.8, 4) is 11.5 Å². The average molecular weight is 552 g/mol. The third-order valence-electron chi connectivity index (χ3n) is 10.7. The molecule has 0 aliphatic heterocycles. The number of carbonyl (C=O) groups is 3. The van der Waals surface area contributed by atoms with Crippen LogP contribution >= 0.6 is 0 Å². The highest BCUT2D eigenvalue weighted by Gasteiger charge is 2.60. The number of hydrogen-bond acceptors (Lipinski definition) is 8. The van der Waals surface area contributed by atoms with E-state index in [1.165, 1.54) is 25.7 Å². The number of carbonyl (C=O) groups excluding carboxylic acids is 3. The highest BCUT2D eigenvalue weighted by atomic mass is 16.5. The van der Waals surface area contributed by atoms with Gasteiger partial charge in [-0.25, -0.2) is 0 Å². The lowest BCUT2D eigenvalue weighted by Crippen LogP contribution is -2.65. The third-order valence-corrected chi connectivity index (χ3v) is 10.7. The summed E-state index contributed by atoms with van der Waals surface area (Å²) in [5.41, 5.74) is 8.11. The number of nitrogens with two attached hydrogens (primary N) is 1. The second-order valence-corrected chi connectivity index (χ2v) is 12.9. The van der Waals surface area contributed by atoms with Gasteiger partial charge in [0.05, 0.1) is 24.3 Å². The summed E-state index contributed by atoms with van der Waals surface area (Å²) >= 11 is 0. The molecule has 0 spiro atoms. The quantitative estimate of drug-likeness (QED) is 0.420. The van der Waals surface area contributed by atoms with E-state index in [1.807, 2.05) is 25.9 Å². The Morgan fingerprint density at radius 3 is 2.48 bits per heavy atom. The summed E-state index contributed by atoms with van der Waals surface area (Å²) in [4.78, 5) is 41.9. The zero-order valence-corrected chi connectivity index (χ0v) is 24.1. The third kappa shape index (κ3) is 3.88. The Hall–Kier alpha value is -2.75. The van der Waals surface area contributed by atoms with Crippen molar-refractivity contribution >= 4 is 17.5 Å². The van der Waals surface area contributed by atoms with E-state index in [9.17, 15) is 19.5 Å². The van der Waals surface area contributed by atoms with Crippen LogP contribution in [0.5, 0.6) is 11.5 Å². The standard InChI is InChI=1S/C31H41N3O6/c1-15-23-16(11-21-25(34(2)3)26(36)20(29(32)38)13-31(15,21)40-5)10-19-24(27(23)37)22(35)12-17(28(19)39-4)14-33-30(8-9-30)18-6-7-18/h12,16,18,20-21,25,33,35H,6-11,13-14H2,1-5H3,(H2,32,38). The molecule has 6 rings (SSSR count). The van der Waals surface area contributed by atoms with Gasteiger partial charge in [0.15, 0.2) is 11.6 Å². The zero-order valence-electron chi connectivity index (χ0n) is 24.1. The largest absolute Gasteiger partial charge is 0.507 e. The van der Waals surface area contributed by atoms with Crippen LogP contribution in [0.15, 0.2) is 17.2 Å². The maximum atomic E-state index is 14.2. The topological polar surface area (TPSA) is 131 Å². The molecule has 0 aromatic heterocycles. The SMILES string of the molecule is COc1c(CNC2(C3CC3)CC2)cc(O)c2c1CC1CC3C(N(C)C)C(=O)C(C(N)=O)CC3(OC)C(C)=C1C2=O. The number of aromatic hydroxyl groups is 1. The van der Waals surface area contributed by atoms with E-state index in [0.29, 0.717) is 30.7 Å². The Bertz CT molecular complexity index is 1330. The van der Waals surface area contributed by atoms with Gasteiger partial charge in [0, 0.05) is 41.8 Å². The molecule has 0 saturated heterocycles. The van der Waals surface area contributed by atoms with E-state index in [4.69, 9.17) is 15.2 Å². The number of rotatable bonds is 8. The van der Waals surface area contributed by atoms with Crippen LogP contribution in [0.3, 0.4) is 0 Å². The van der Waals surface area contributed by atoms with E-state index in [2.05, 4.69) is 5.32 Å². The minimum atomic E-state index is -1.00. The van der Waals surface area contributed by atoms with Gasteiger partial charge >= 0.3 is 0 Å². The average Bonchev–Trinajstić information content (AvgIpc) is 3.81. The van der Waals surface area contributed by atoms with Crippen molar-refractivity contribution in [3.05, 3.63) is 33.9 Å². The molecule has 1 aromatic rings. The number of primary amides is 1. The van der Waals surface area contributed by atoms with Crippen molar-refractivity contribution in [3.63, 3.8) is 0 Å². The molecule has 9 nitrogen and oxygen atoms in total. The van der Waals surface area contributed by atoms with Crippen LogP contribution in [0.25, 0.3) is 0 Å². The number of nitrogens with one attached hydrogen (secondary N) is 1. The predicted octanol–water partition coefficient (Wildman–Crippen LogP) is 2.51. The molecular weight excluding hydrogens is 510 g/mol. The number of fused-ring (bicyclic) bond motifs is 3. The summed E-state index contributed by atoms with van der Waals surface area (Å²) < 4.78 is 12.1. The smallest absolute Gasteiger partial charge is 0.228 e. The number of amides is 1. The number of methoxy groups -OCH3 is 2. The Morgan fingerprint density at radius 2 is 1.93 bits per heavy atom. The van der Waals surface area contributed by atoms with Gasteiger partial charge in [-0.2, -0.15) is 0 Å². The molecule has 5 unspecified atom stereocenters. The van der Waals surface area contributed by atoms with E-state index in [-0.39, 0.29) is 46.7 Å². The molecule has 5 atom stereocenters. The van der Waals surface area contributed by atoms with Gasteiger partial charge in [-0.15, -0.1) is 0 Å². The van der Waals surface area contributed by atoms with Crippen molar-refractivity contribution in [2.24, 2.45) is 29.4 Å². The van der Waals surface area contributed by atoms with Gasteiger partial charge in [-0.1, -0.05) is 0 Å². The summed E-state index contributed by atoms with van der Waals surface area (Å²) in [6.45, 7) is 2.45. The molecular formula is C31H41N3O6. The molecule has 216 valence electrons. The van der Waals surface area contributed by atoms with E-state index >= 15 is 0 Å². The van der Waals surface area contributed by atoms with Crippen molar-refractivity contribution in [2.75, 3.05) is 28.3 Å². The first kappa shape index (κ1) is 27.4. The Labute approximate surface area is 235 Å². The van der Waals surface area contributed by atoms with Crippen molar-refractivity contribution in [1.29, 1.82) is 0 Å². The van der Waals surface area contributed by atoms with Crippen LogP contribution in [0.2, 0.25) is 0 Å². The second-order valence-electron chi connectivity index (χ2n) is 12.9. The maximum absolute atomic E-state index is 14.2. The fourth-order valence-electron chi connectivity index (χ4n) is 8.46. The Morgan fingerprint density at radius 1 is 1.23 bits per heavy atom. The number of ether oxygens (including phenoxy) is 2. The first-order valence-electron chi connectivity index (χ1n) is 14.5. The first-order chi connectivity index (χ1) is 19.0. The molecule has 5 aliphatic carbocycles. The van der Waals surface area contributed by atoms with Gasteiger partial charge in [0.2, 0.25) is 5.91 Å².